The first-order chi connectivity index (χ1) is 7.39. The molecule has 1 N–H and O–H groups in total. The van der Waals surface area contributed by atoms with Crippen LogP contribution in [0.1, 0.15) is 17.3 Å². The Morgan fingerprint density at radius 3 is 2.62 bits per heavy atom. The summed E-state index contributed by atoms with van der Waals surface area (Å²) in [5.41, 5.74) is -1.21. The summed E-state index contributed by atoms with van der Waals surface area (Å²) < 4.78 is 26.1. The quantitative estimate of drug-likeness (QED) is 0.782. The maximum atomic E-state index is 13.3. The average molecular weight is 227 g/mol. The van der Waals surface area contributed by atoms with Gasteiger partial charge >= 0.3 is 0 Å². The van der Waals surface area contributed by atoms with Crippen LogP contribution in [0.5, 0.6) is 0 Å². The van der Waals surface area contributed by atoms with Crippen LogP contribution < -0.4 is 0 Å². The van der Waals surface area contributed by atoms with E-state index in [0.717, 1.165) is 18.2 Å². The fraction of sp³-hybridized carbons (Fsp3) is 0.364. The van der Waals surface area contributed by atoms with Gasteiger partial charge in [0.25, 0.3) is 5.91 Å². The smallest absolute Gasteiger partial charge is 0.257 e. The van der Waals surface area contributed by atoms with Crippen molar-refractivity contribution in [1.29, 1.82) is 0 Å². The van der Waals surface area contributed by atoms with Gasteiger partial charge in [-0.25, -0.2) is 8.78 Å². The van der Waals surface area contributed by atoms with Gasteiger partial charge < -0.3 is 10.0 Å². The van der Waals surface area contributed by atoms with Crippen molar-refractivity contribution in [2.45, 2.75) is 12.5 Å². The van der Waals surface area contributed by atoms with Crippen molar-refractivity contribution in [3.05, 3.63) is 35.4 Å². The molecule has 0 unspecified atom stereocenters. The molecule has 0 spiro atoms. The Kier molecular flexibility index (Phi) is 2.42. The SMILES string of the molecule is CC1(O)CN(C(=O)c2cc(F)ccc2F)C1. The van der Waals surface area contributed by atoms with Gasteiger partial charge in [-0.05, 0) is 25.1 Å². The van der Waals surface area contributed by atoms with E-state index >= 15 is 0 Å². The first-order valence-electron chi connectivity index (χ1n) is 4.86. The van der Waals surface area contributed by atoms with Gasteiger partial charge in [0.05, 0.1) is 24.3 Å². The minimum absolute atomic E-state index is 0.141. The lowest BCUT2D eigenvalue weighted by Gasteiger charge is -2.44. The Morgan fingerprint density at radius 2 is 2.06 bits per heavy atom. The second kappa shape index (κ2) is 3.52. The van der Waals surface area contributed by atoms with Gasteiger partial charge in [-0.15, -0.1) is 0 Å². The Morgan fingerprint density at radius 1 is 1.44 bits per heavy atom. The third-order valence-electron chi connectivity index (χ3n) is 2.51. The van der Waals surface area contributed by atoms with E-state index in [4.69, 9.17) is 0 Å². The molecular weight excluding hydrogens is 216 g/mol. The standard InChI is InChI=1S/C11H11F2NO2/c1-11(16)5-14(6-11)10(15)8-4-7(12)2-3-9(8)13/h2-4,16H,5-6H2,1H3. The molecule has 1 saturated heterocycles. The molecule has 1 amide bonds. The van der Waals surface area contributed by atoms with Gasteiger partial charge in [0, 0.05) is 0 Å². The summed E-state index contributed by atoms with van der Waals surface area (Å²) in [4.78, 5) is 13.0. The molecule has 0 bridgehead atoms. The predicted molar refractivity (Wildman–Crippen MR) is 52.9 cm³/mol. The Balaban J connectivity index is 2.19. The third kappa shape index (κ3) is 1.90. The number of hydrogen-bond donors (Lipinski definition) is 1. The van der Waals surface area contributed by atoms with Crippen molar-refractivity contribution in [2.24, 2.45) is 0 Å². The van der Waals surface area contributed by atoms with E-state index in [1.807, 2.05) is 0 Å². The van der Waals surface area contributed by atoms with Gasteiger partial charge in [0.1, 0.15) is 11.6 Å². The van der Waals surface area contributed by atoms with Crippen molar-refractivity contribution < 1.29 is 18.7 Å². The number of nitrogens with zero attached hydrogens (tertiary/aromatic N) is 1. The molecule has 0 aliphatic carbocycles. The number of hydrogen-bond acceptors (Lipinski definition) is 2. The highest BCUT2D eigenvalue weighted by Gasteiger charge is 2.40. The summed E-state index contributed by atoms with van der Waals surface area (Å²) in [6.07, 6.45) is 0. The summed E-state index contributed by atoms with van der Waals surface area (Å²) in [7, 11) is 0. The molecule has 3 nitrogen and oxygen atoms in total. The first kappa shape index (κ1) is 11.0. The highest BCUT2D eigenvalue weighted by Crippen LogP contribution is 2.23. The normalized spacial score (nSPS) is 18.1. The highest BCUT2D eigenvalue weighted by atomic mass is 19.1. The number of likely N-dealkylation sites (tertiary alicyclic amines) is 1. The van der Waals surface area contributed by atoms with Crippen molar-refractivity contribution in [1.82, 2.24) is 4.90 Å². The fourth-order valence-corrected chi connectivity index (χ4v) is 1.75. The number of amides is 1. The van der Waals surface area contributed by atoms with Gasteiger partial charge in [0.15, 0.2) is 0 Å². The molecule has 1 heterocycles. The van der Waals surface area contributed by atoms with Crippen LogP contribution in [0.15, 0.2) is 18.2 Å². The third-order valence-corrected chi connectivity index (χ3v) is 2.51. The molecule has 86 valence electrons. The fourth-order valence-electron chi connectivity index (χ4n) is 1.75. The van der Waals surface area contributed by atoms with Gasteiger partial charge in [-0.2, -0.15) is 0 Å². The number of carbonyl (C=O) groups is 1. The van der Waals surface area contributed by atoms with Crippen LogP contribution in [0.3, 0.4) is 0 Å². The number of aliphatic hydroxyl groups is 1. The van der Waals surface area contributed by atoms with Crippen LogP contribution in [0.4, 0.5) is 8.78 Å². The lowest BCUT2D eigenvalue weighted by molar-refractivity contribution is -0.0670. The van der Waals surface area contributed by atoms with Gasteiger partial charge in [-0.1, -0.05) is 0 Å². The topological polar surface area (TPSA) is 40.5 Å². The Hall–Kier alpha value is -1.49. The Labute approximate surface area is 91.3 Å². The molecular formula is C11H11F2NO2. The number of halogens is 2. The van der Waals surface area contributed by atoms with Crippen LogP contribution >= 0.6 is 0 Å². The van der Waals surface area contributed by atoms with Crippen LogP contribution in [0, 0.1) is 11.6 Å². The number of carbonyl (C=O) groups excluding carboxylic acids is 1. The minimum atomic E-state index is -0.917. The molecule has 0 aromatic heterocycles. The van der Waals surface area contributed by atoms with E-state index in [2.05, 4.69) is 0 Å². The molecule has 0 atom stereocenters. The summed E-state index contributed by atoms with van der Waals surface area (Å²) >= 11 is 0. The maximum Gasteiger partial charge on any atom is 0.257 e. The summed E-state index contributed by atoms with van der Waals surface area (Å²) in [6.45, 7) is 1.86. The highest BCUT2D eigenvalue weighted by molar-refractivity contribution is 5.95. The van der Waals surface area contributed by atoms with Gasteiger partial charge in [0.2, 0.25) is 0 Å². The van der Waals surface area contributed by atoms with Crippen molar-refractivity contribution >= 4 is 5.91 Å². The molecule has 1 aliphatic rings. The van der Waals surface area contributed by atoms with Crippen LogP contribution in [-0.2, 0) is 0 Å². The van der Waals surface area contributed by atoms with Crippen molar-refractivity contribution in [2.75, 3.05) is 13.1 Å². The lowest BCUT2D eigenvalue weighted by atomic mass is 9.96. The maximum absolute atomic E-state index is 13.3. The largest absolute Gasteiger partial charge is 0.386 e. The molecule has 1 aliphatic heterocycles. The second-order valence-electron chi connectivity index (χ2n) is 4.28. The molecule has 1 aromatic rings. The van der Waals surface area contributed by atoms with Crippen LogP contribution in [0.25, 0.3) is 0 Å². The summed E-state index contributed by atoms with van der Waals surface area (Å²) in [6, 6.07) is 2.74. The van der Waals surface area contributed by atoms with Gasteiger partial charge in [-0.3, -0.25) is 4.79 Å². The zero-order valence-corrected chi connectivity index (χ0v) is 8.70. The molecule has 0 radical (unpaired) electrons. The summed E-state index contributed by atoms with van der Waals surface area (Å²) in [5, 5.41) is 9.44. The zero-order chi connectivity index (χ0) is 11.9. The second-order valence-corrected chi connectivity index (χ2v) is 4.28. The minimum Gasteiger partial charge on any atom is -0.386 e. The van der Waals surface area contributed by atoms with E-state index in [-0.39, 0.29) is 18.7 Å². The van der Waals surface area contributed by atoms with Crippen LogP contribution in [0.2, 0.25) is 0 Å². The predicted octanol–water partition coefficient (Wildman–Crippen LogP) is 1.17. The van der Waals surface area contributed by atoms with E-state index in [0.29, 0.717) is 0 Å². The van der Waals surface area contributed by atoms with E-state index in [1.54, 1.807) is 6.92 Å². The zero-order valence-electron chi connectivity index (χ0n) is 8.70. The number of β-amino-alcohol motifs (C(OH)–C–C–N with tert-alkyl or cyclic N) is 1. The molecule has 0 saturated carbocycles. The average Bonchev–Trinajstić information content (AvgIpc) is 2.17. The lowest BCUT2D eigenvalue weighted by Crippen LogP contribution is -2.61. The van der Waals surface area contributed by atoms with Crippen LogP contribution in [-0.4, -0.2) is 34.6 Å². The Bertz CT molecular complexity index is 438. The molecule has 1 fully saturated rings. The van der Waals surface area contributed by atoms with Crippen molar-refractivity contribution in [3.8, 4) is 0 Å². The van der Waals surface area contributed by atoms with Crippen molar-refractivity contribution in [3.63, 3.8) is 0 Å². The molecule has 16 heavy (non-hydrogen) atoms. The first-order valence-corrected chi connectivity index (χ1v) is 4.86. The molecule has 2 rings (SSSR count). The van der Waals surface area contributed by atoms with E-state index in [9.17, 15) is 18.7 Å². The summed E-state index contributed by atoms with van der Waals surface area (Å²) in [5.74, 6) is -2.00. The molecule has 1 aromatic carbocycles. The monoisotopic (exact) mass is 227 g/mol. The van der Waals surface area contributed by atoms with E-state index in [1.165, 1.54) is 4.90 Å². The number of rotatable bonds is 1. The van der Waals surface area contributed by atoms with E-state index < -0.39 is 23.1 Å². The molecule has 5 heteroatoms. The number of benzene rings is 1.